The van der Waals surface area contributed by atoms with E-state index in [1.54, 1.807) is 6.20 Å². The molecule has 3 aromatic rings. The van der Waals surface area contributed by atoms with Gasteiger partial charge in [0.05, 0.1) is 19.4 Å². The van der Waals surface area contributed by atoms with E-state index < -0.39 is 0 Å². The molecule has 0 atom stereocenters. The van der Waals surface area contributed by atoms with Crippen molar-refractivity contribution in [1.29, 1.82) is 0 Å². The Balaban J connectivity index is 1.54. The van der Waals surface area contributed by atoms with Crippen molar-refractivity contribution >= 4 is 0 Å². The van der Waals surface area contributed by atoms with Crippen LogP contribution in [0.1, 0.15) is 11.4 Å². The van der Waals surface area contributed by atoms with Crippen LogP contribution in [0.5, 0.6) is 0 Å². The predicted octanol–water partition coefficient (Wildman–Crippen LogP) is 2.27. The van der Waals surface area contributed by atoms with Gasteiger partial charge in [-0.1, -0.05) is 23.4 Å². The first-order chi connectivity index (χ1) is 11.8. The predicted molar refractivity (Wildman–Crippen MR) is 88.1 cm³/mol. The van der Waals surface area contributed by atoms with E-state index in [4.69, 9.17) is 9.26 Å². The highest BCUT2D eigenvalue weighted by atomic mass is 16.5. The summed E-state index contributed by atoms with van der Waals surface area (Å²) in [5.41, 5.74) is 2.92. The molecule has 1 aromatic carbocycles. The average Bonchev–Trinajstić information content (AvgIpc) is 3.25. The van der Waals surface area contributed by atoms with Gasteiger partial charge in [-0.05, 0) is 18.6 Å². The number of nitrogens with zero attached hydrogens (tertiary/aromatic N) is 4. The fraction of sp³-hybridized carbons (Fsp3) is 0.353. The van der Waals surface area contributed by atoms with Crippen molar-refractivity contribution < 1.29 is 9.26 Å². The van der Waals surface area contributed by atoms with Gasteiger partial charge in [0.2, 0.25) is 5.82 Å². The molecule has 7 nitrogen and oxygen atoms in total. The lowest BCUT2D eigenvalue weighted by atomic mass is 10.1. The van der Waals surface area contributed by atoms with Crippen LogP contribution in [0.3, 0.4) is 0 Å². The van der Waals surface area contributed by atoms with E-state index in [9.17, 15) is 0 Å². The second-order valence-corrected chi connectivity index (χ2v) is 5.89. The van der Waals surface area contributed by atoms with Crippen LogP contribution < -0.4 is 0 Å². The molecule has 1 N–H and O–H groups in total. The Hall–Kier alpha value is -2.51. The summed E-state index contributed by atoms with van der Waals surface area (Å²) in [6.45, 7) is 6.33. The number of hydrogen-bond donors (Lipinski definition) is 1. The van der Waals surface area contributed by atoms with Gasteiger partial charge in [0.1, 0.15) is 11.5 Å². The van der Waals surface area contributed by atoms with Crippen molar-refractivity contribution in [2.45, 2.75) is 13.5 Å². The lowest BCUT2D eigenvalue weighted by molar-refractivity contribution is 0.0342. The number of imidazole rings is 1. The van der Waals surface area contributed by atoms with Crippen LogP contribution in [0.2, 0.25) is 0 Å². The van der Waals surface area contributed by atoms with Crippen molar-refractivity contribution in [3.05, 3.63) is 41.9 Å². The second-order valence-electron chi connectivity index (χ2n) is 5.89. The highest BCUT2D eigenvalue weighted by Crippen LogP contribution is 2.22. The minimum absolute atomic E-state index is 0.448. The molecule has 1 aliphatic rings. The Kier molecular flexibility index (Phi) is 4.10. The Morgan fingerprint density at radius 3 is 2.92 bits per heavy atom. The van der Waals surface area contributed by atoms with Gasteiger partial charge in [0.25, 0.3) is 5.89 Å². The summed E-state index contributed by atoms with van der Waals surface area (Å²) in [4.78, 5) is 14.1. The first kappa shape index (κ1) is 15.0. The number of hydrogen-bond acceptors (Lipinski definition) is 6. The smallest absolute Gasteiger partial charge is 0.276 e. The van der Waals surface area contributed by atoms with E-state index in [1.807, 2.05) is 19.1 Å². The quantitative estimate of drug-likeness (QED) is 0.792. The Labute approximate surface area is 139 Å². The van der Waals surface area contributed by atoms with Crippen LogP contribution in [0.15, 0.2) is 35.0 Å². The first-order valence-corrected chi connectivity index (χ1v) is 8.03. The molecule has 3 heterocycles. The van der Waals surface area contributed by atoms with Crippen molar-refractivity contribution in [3.8, 4) is 23.0 Å². The Morgan fingerprint density at radius 1 is 1.25 bits per heavy atom. The first-order valence-electron chi connectivity index (χ1n) is 8.03. The summed E-state index contributed by atoms with van der Waals surface area (Å²) in [6, 6.07) is 8.26. The molecule has 0 unspecified atom stereocenters. The standard InChI is InChI=1S/C17H19N5O2/c1-12-18-10-15(19-12)17-20-16(21-24-17)14-4-2-3-13(9-14)11-22-5-7-23-8-6-22/h2-4,9-10H,5-8,11H2,1H3,(H,18,19). The summed E-state index contributed by atoms with van der Waals surface area (Å²) in [5, 5.41) is 4.09. The van der Waals surface area contributed by atoms with E-state index in [1.165, 1.54) is 5.56 Å². The molecule has 0 spiro atoms. The SMILES string of the molecule is Cc1ncc(-c2nc(-c3cccc(CN4CCOCC4)c3)no2)[nH]1. The molecule has 0 bridgehead atoms. The van der Waals surface area contributed by atoms with Crippen LogP contribution in [0.4, 0.5) is 0 Å². The number of aryl methyl sites for hydroxylation is 1. The second kappa shape index (κ2) is 6.54. The number of H-pyrrole nitrogens is 1. The topological polar surface area (TPSA) is 80.1 Å². The maximum absolute atomic E-state index is 5.39. The van der Waals surface area contributed by atoms with Gasteiger partial charge in [-0.3, -0.25) is 4.90 Å². The minimum atomic E-state index is 0.448. The third kappa shape index (κ3) is 3.22. The van der Waals surface area contributed by atoms with Gasteiger partial charge in [0, 0.05) is 25.2 Å². The molecule has 1 fully saturated rings. The van der Waals surface area contributed by atoms with Crippen LogP contribution >= 0.6 is 0 Å². The summed E-state index contributed by atoms with van der Waals surface area (Å²) >= 11 is 0. The Morgan fingerprint density at radius 2 is 2.12 bits per heavy atom. The van der Waals surface area contributed by atoms with Crippen molar-refractivity contribution in [2.75, 3.05) is 26.3 Å². The lowest BCUT2D eigenvalue weighted by Gasteiger charge is -2.26. The van der Waals surface area contributed by atoms with E-state index >= 15 is 0 Å². The monoisotopic (exact) mass is 325 g/mol. The van der Waals surface area contributed by atoms with Gasteiger partial charge in [-0.25, -0.2) is 4.98 Å². The minimum Gasteiger partial charge on any atom is -0.379 e. The molecule has 0 radical (unpaired) electrons. The molecule has 1 aliphatic heterocycles. The van der Waals surface area contributed by atoms with E-state index in [2.05, 4.69) is 37.1 Å². The zero-order valence-electron chi connectivity index (χ0n) is 13.5. The molecule has 0 saturated carbocycles. The highest BCUT2D eigenvalue weighted by molar-refractivity contribution is 5.58. The fourth-order valence-corrected chi connectivity index (χ4v) is 2.81. The third-order valence-corrected chi connectivity index (χ3v) is 4.05. The molecule has 124 valence electrons. The number of aromatic amines is 1. The van der Waals surface area contributed by atoms with Gasteiger partial charge in [-0.15, -0.1) is 0 Å². The maximum atomic E-state index is 5.39. The van der Waals surface area contributed by atoms with E-state index in [0.717, 1.165) is 49.9 Å². The van der Waals surface area contributed by atoms with Crippen LogP contribution in [0, 0.1) is 6.92 Å². The highest BCUT2D eigenvalue weighted by Gasteiger charge is 2.14. The average molecular weight is 325 g/mol. The molecule has 2 aromatic heterocycles. The number of morpholine rings is 1. The van der Waals surface area contributed by atoms with Crippen LogP contribution in [0.25, 0.3) is 23.0 Å². The zero-order valence-corrected chi connectivity index (χ0v) is 13.5. The number of aromatic nitrogens is 4. The molecule has 1 saturated heterocycles. The van der Waals surface area contributed by atoms with Crippen LogP contribution in [-0.2, 0) is 11.3 Å². The molecule has 0 amide bonds. The van der Waals surface area contributed by atoms with Crippen molar-refractivity contribution in [1.82, 2.24) is 25.0 Å². The number of benzene rings is 1. The van der Waals surface area contributed by atoms with Crippen LogP contribution in [-0.4, -0.2) is 51.3 Å². The number of nitrogens with one attached hydrogen (secondary N) is 1. The molecular weight excluding hydrogens is 306 g/mol. The van der Waals surface area contributed by atoms with Gasteiger partial charge >= 0.3 is 0 Å². The van der Waals surface area contributed by atoms with E-state index in [0.29, 0.717) is 11.7 Å². The van der Waals surface area contributed by atoms with E-state index in [-0.39, 0.29) is 0 Å². The Bertz CT molecular complexity index is 820. The molecule has 24 heavy (non-hydrogen) atoms. The van der Waals surface area contributed by atoms with Gasteiger partial charge in [-0.2, -0.15) is 4.98 Å². The number of rotatable bonds is 4. The molecular formula is C17H19N5O2. The van der Waals surface area contributed by atoms with Crippen molar-refractivity contribution in [2.24, 2.45) is 0 Å². The molecule has 0 aliphatic carbocycles. The fourth-order valence-electron chi connectivity index (χ4n) is 2.81. The summed E-state index contributed by atoms with van der Waals surface area (Å²) in [6.07, 6.45) is 1.70. The lowest BCUT2D eigenvalue weighted by Crippen LogP contribution is -2.35. The molecule has 7 heteroatoms. The summed E-state index contributed by atoms with van der Waals surface area (Å²) < 4.78 is 10.7. The van der Waals surface area contributed by atoms with Gasteiger partial charge in [0.15, 0.2) is 0 Å². The largest absolute Gasteiger partial charge is 0.379 e. The van der Waals surface area contributed by atoms with Gasteiger partial charge < -0.3 is 14.2 Å². The molecule has 4 rings (SSSR count). The number of ether oxygens (including phenoxy) is 1. The summed E-state index contributed by atoms with van der Waals surface area (Å²) in [7, 11) is 0. The zero-order chi connectivity index (χ0) is 16.4. The maximum Gasteiger partial charge on any atom is 0.276 e. The normalized spacial score (nSPS) is 15.7. The summed E-state index contributed by atoms with van der Waals surface area (Å²) in [5.74, 6) is 1.85. The van der Waals surface area contributed by atoms with Crippen molar-refractivity contribution in [3.63, 3.8) is 0 Å². The third-order valence-electron chi connectivity index (χ3n) is 4.05.